The minimum atomic E-state index is -1.29. The van der Waals surface area contributed by atoms with E-state index in [2.05, 4.69) is 7.53 Å². The van der Waals surface area contributed by atoms with Crippen LogP contribution < -0.4 is 0 Å². The SMILES string of the molecule is CCC(=O)[O][Ge][O]C(=O)CC. The molecule has 11 heavy (non-hydrogen) atoms. The van der Waals surface area contributed by atoms with Crippen LogP contribution in [0, 0.1) is 0 Å². The second kappa shape index (κ2) is 6.21. The predicted octanol–water partition coefficient (Wildman–Crippen LogP) is 0.427. The first kappa shape index (κ1) is 10.5. The van der Waals surface area contributed by atoms with Crippen molar-refractivity contribution in [3.8, 4) is 0 Å². The van der Waals surface area contributed by atoms with Crippen LogP contribution >= 0.6 is 0 Å². The first-order chi connectivity index (χ1) is 5.20. The molecular formula is C6H10GeO4. The summed E-state index contributed by atoms with van der Waals surface area (Å²) in [5.41, 5.74) is 0. The van der Waals surface area contributed by atoms with Gasteiger partial charge in [0.1, 0.15) is 0 Å². The zero-order valence-electron chi connectivity index (χ0n) is 6.55. The first-order valence-electron chi connectivity index (χ1n) is 3.35. The summed E-state index contributed by atoms with van der Waals surface area (Å²) < 4.78 is 9.21. The molecule has 0 N–H and O–H groups in total. The molecule has 0 heterocycles. The van der Waals surface area contributed by atoms with Gasteiger partial charge >= 0.3 is 71.8 Å². The maximum absolute atomic E-state index is 10.5. The van der Waals surface area contributed by atoms with E-state index in [1.807, 2.05) is 0 Å². The number of hydrogen-bond acceptors (Lipinski definition) is 4. The first-order valence-corrected chi connectivity index (χ1v) is 5.06. The normalized spacial score (nSPS) is 8.91. The van der Waals surface area contributed by atoms with Crippen LogP contribution in [-0.2, 0) is 17.1 Å². The molecule has 0 saturated heterocycles. The molecule has 0 bridgehead atoms. The van der Waals surface area contributed by atoms with Gasteiger partial charge in [-0.15, -0.1) is 0 Å². The van der Waals surface area contributed by atoms with Crippen molar-refractivity contribution in [1.29, 1.82) is 0 Å². The van der Waals surface area contributed by atoms with Gasteiger partial charge in [-0.25, -0.2) is 0 Å². The van der Waals surface area contributed by atoms with E-state index in [1.54, 1.807) is 13.8 Å². The average molecular weight is 219 g/mol. The van der Waals surface area contributed by atoms with Crippen LogP contribution in [0.25, 0.3) is 0 Å². The summed E-state index contributed by atoms with van der Waals surface area (Å²) in [5.74, 6) is -0.622. The Labute approximate surface area is 72.4 Å². The fourth-order valence-corrected chi connectivity index (χ4v) is 1.34. The van der Waals surface area contributed by atoms with Crippen LogP contribution in [0.15, 0.2) is 0 Å². The van der Waals surface area contributed by atoms with Gasteiger partial charge in [0.2, 0.25) is 0 Å². The summed E-state index contributed by atoms with van der Waals surface area (Å²) in [6.07, 6.45) is 0.653. The molecule has 0 aliphatic heterocycles. The predicted molar refractivity (Wildman–Crippen MR) is 38.5 cm³/mol. The number of rotatable bonds is 4. The van der Waals surface area contributed by atoms with Crippen LogP contribution in [0.3, 0.4) is 0 Å². The van der Waals surface area contributed by atoms with E-state index in [-0.39, 0.29) is 11.9 Å². The third kappa shape index (κ3) is 5.90. The van der Waals surface area contributed by atoms with Crippen molar-refractivity contribution in [3.63, 3.8) is 0 Å². The van der Waals surface area contributed by atoms with Crippen LogP contribution in [0.5, 0.6) is 0 Å². The minimum absolute atomic E-state index is 0.311. The van der Waals surface area contributed by atoms with Gasteiger partial charge in [0, 0.05) is 0 Å². The molecule has 2 radical (unpaired) electrons. The van der Waals surface area contributed by atoms with Crippen molar-refractivity contribution in [2.24, 2.45) is 0 Å². The Morgan fingerprint density at radius 1 is 1.09 bits per heavy atom. The second-order valence-electron chi connectivity index (χ2n) is 1.74. The van der Waals surface area contributed by atoms with Gasteiger partial charge in [-0.3, -0.25) is 0 Å². The Morgan fingerprint density at radius 3 is 1.73 bits per heavy atom. The second-order valence-corrected chi connectivity index (χ2v) is 2.94. The zero-order chi connectivity index (χ0) is 8.69. The third-order valence-corrected chi connectivity index (χ3v) is 2.19. The van der Waals surface area contributed by atoms with Crippen LogP contribution in [0.2, 0.25) is 0 Å². The molecule has 4 nitrogen and oxygen atoms in total. The van der Waals surface area contributed by atoms with E-state index in [1.165, 1.54) is 0 Å². The van der Waals surface area contributed by atoms with Crippen molar-refractivity contribution >= 4 is 28.0 Å². The number of hydrogen-bond donors (Lipinski definition) is 0. The van der Waals surface area contributed by atoms with E-state index in [0.717, 1.165) is 0 Å². The molecule has 0 unspecified atom stereocenters. The molecular weight excluding hydrogens is 209 g/mol. The van der Waals surface area contributed by atoms with E-state index >= 15 is 0 Å². The molecule has 0 amide bonds. The molecule has 0 fully saturated rings. The van der Waals surface area contributed by atoms with Crippen molar-refractivity contribution in [2.45, 2.75) is 26.7 Å². The quantitative estimate of drug-likeness (QED) is 0.643. The van der Waals surface area contributed by atoms with Gasteiger partial charge in [0.15, 0.2) is 0 Å². The summed E-state index contributed by atoms with van der Waals surface area (Å²) in [5, 5.41) is 0. The number of carbonyl (C=O) groups is 2. The fraction of sp³-hybridized carbons (Fsp3) is 0.667. The molecule has 0 aromatic heterocycles. The summed E-state index contributed by atoms with van der Waals surface area (Å²) in [6, 6.07) is 0. The molecule has 0 rings (SSSR count). The molecule has 0 saturated carbocycles. The van der Waals surface area contributed by atoms with Gasteiger partial charge in [0.25, 0.3) is 0 Å². The van der Waals surface area contributed by atoms with Gasteiger partial charge in [0.05, 0.1) is 0 Å². The Kier molecular flexibility index (Phi) is 5.92. The summed E-state index contributed by atoms with van der Waals surface area (Å²) in [6.45, 7) is 3.38. The maximum atomic E-state index is 10.5. The van der Waals surface area contributed by atoms with Crippen molar-refractivity contribution in [2.75, 3.05) is 0 Å². The van der Waals surface area contributed by atoms with Gasteiger partial charge in [-0.05, 0) is 0 Å². The summed E-state index contributed by atoms with van der Waals surface area (Å²) >= 11 is -1.29. The van der Waals surface area contributed by atoms with Crippen LogP contribution in [0.1, 0.15) is 26.7 Å². The van der Waals surface area contributed by atoms with E-state index in [0.29, 0.717) is 12.8 Å². The molecule has 0 aromatic rings. The molecule has 0 aliphatic carbocycles. The van der Waals surface area contributed by atoms with Crippen molar-refractivity contribution in [3.05, 3.63) is 0 Å². The molecule has 0 aromatic carbocycles. The van der Waals surface area contributed by atoms with Gasteiger partial charge in [-0.2, -0.15) is 0 Å². The van der Waals surface area contributed by atoms with E-state index in [4.69, 9.17) is 0 Å². The Hall–Kier alpha value is -0.517. The molecule has 0 atom stereocenters. The zero-order valence-corrected chi connectivity index (χ0v) is 8.65. The Balaban J connectivity index is 3.27. The summed E-state index contributed by atoms with van der Waals surface area (Å²) in [4.78, 5) is 21.0. The van der Waals surface area contributed by atoms with Gasteiger partial charge in [-0.1, -0.05) is 0 Å². The Morgan fingerprint density at radius 2 is 1.45 bits per heavy atom. The van der Waals surface area contributed by atoms with E-state index in [9.17, 15) is 9.59 Å². The van der Waals surface area contributed by atoms with Crippen molar-refractivity contribution < 1.29 is 17.1 Å². The van der Waals surface area contributed by atoms with Crippen LogP contribution in [-0.4, -0.2) is 28.0 Å². The van der Waals surface area contributed by atoms with Crippen molar-refractivity contribution in [1.82, 2.24) is 0 Å². The average Bonchev–Trinajstić information content (AvgIpc) is 2.04. The standard InChI is InChI=1S/C6H10GeO4/c1-3-5(8)10-7-11-6(9)4-2/h3-4H2,1-2H3. The molecule has 0 spiro atoms. The third-order valence-electron chi connectivity index (χ3n) is 0.888. The number of carbonyl (C=O) groups excluding carboxylic acids is 2. The molecule has 0 aliphatic rings. The Bertz CT molecular complexity index is 130. The van der Waals surface area contributed by atoms with Crippen LogP contribution in [0.4, 0.5) is 0 Å². The fourth-order valence-electron chi connectivity index (χ4n) is 0.258. The molecule has 62 valence electrons. The van der Waals surface area contributed by atoms with Gasteiger partial charge < -0.3 is 0 Å². The van der Waals surface area contributed by atoms with E-state index < -0.39 is 16.1 Å². The summed E-state index contributed by atoms with van der Waals surface area (Å²) in [7, 11) is 0. The molecule has 5 heteroatoms. The topological polar surface area (TPSA) is 52.6 Å². The monoisotopic (exact) mass is 220 g/mol.